The average molecular weight is 302 g/mol. The van der Waals surface area contributed by atoms with Gasteiger partial charge >= 0.3 is 0 Å². The molecule has 1 fully saturated rings. The first-order valence-electron chi connectivity index (χ1n) is 8.76. The van der Waals surface area contributed by atoms with Gasteiger partial charge in [0.25, 0.3) is 0 Å². The minimum Gasteiger partial charge on any atom is -0.354 e. The maximum absolute atomic E-state index is 11.9. The van der Waals surface area contributed by atoms with E-state index in [2.05, 4.69) is 54.4 Å². The molecule has 0 aliphatic carbocycles. The monoisotopic (exact) mass is 302 g/mol. The summed E-state index contributed by atoms with van der Waals surface area (Å²) in [5.41, 5.74) is 1.31. The number of amides is 1. The van der Waals surface area contributed by atoms with Crippen LogP contribution in [0.5, 0.6) is 0 Å². The van der Waals surface area contributed by atoms with E-state index in [-0.39, 0.29) is 5.91 Å². The molecule has 1 aromatic carbocycles. The molecule has 2 rings (SSSR count). The molecule has 1 aliphatic rings. The maximum Gasteiger partial charge on any atom is 0.220 e. The molecule has 1 aromatic rings. The first-order valence-corrected chi connectivity index (χ1v) is 8.76. The third kappa shape index (κ3) is 5.13. The van der Waals surface area contributed by atoms with Crippen molar-refractivity contribution in [2.45, 2.75) is 52.0 Å². The summed E-state index contributed by atoms with van der Waals surface area (Å²) in [6.45, 7) is 7.44. The molecule has 0 radical (unpaired) electrons. The van der Waals surface area contributed by atoms with Crippen molar-refractivity contribution in [2.75, 3.05) is 19.6 Å². The van der Waals surface area contributed by atoms with Crippen molar-refractivity contribution in [3.05, 3.63) is 35.9 Å². The van der Waals surface area contributed by atoms with Crippen LogP contribution in [0.15, 0.2) is 30.3 Å². The fourth-order valence-corrected chi connectivity index (χ4v) is 3.11. The molecule has 1 unspecified atom stereocenters. The Balaban J connectivity index is 1.98. The Morgan fingerprint density at radius 2 is 1.95 bits per heavy atom. The molecule has 1 N–H and O–H groups in total. The van der Waals surface area contributed by atoms with Gasteiger partial charge in [0, 0.05) is 13.0 Å². The fourth-order valence-electron chi connectivity index (χ4n) is 3.11. The van der Waals surface area contributed by atoms with Crippen LogP contribution < -0.4 is 5.32 Å². The van der Waals surface area contributed by atoms with Crippen LogP contribution in [0.25, 0.3) is 0 Å². The number of carbonyl (C=O) groups excluding carboxylic acids is 1. The topological polar surface area (TPSA) is 32.3 Å². The van der Waals surface area contributed by atoms with E-state index < -0.39 is 0 Å². The van der Waals surface area contributed by atoms with E-state index in [4.69, 9.17) is 0 Å². The molecule has 0 saturated carbocycles. The van der Waals surface area contributed by atoms with Gasteiger partial charge in [0.15, 0.2) is 0 Å². The Hall–Kier alpha value is -1.35. The van der Waals surface area contributed by atoms with E-state index in [1.807, 2.05) is 0 Å². The summed E-state index contributed by atoms with van der Waals surface area (Å²) < 4.78 is 0. The summed E-state index contributed by atoms with van der Waals surface area (Å²) in [6, 6.07) is 10.9. The fraction of sp³-hybridized carbons (Fsp3) is 0.632. The minimum atomic E-state index is 0.188. The molecule has 122 valence electrons. The van der Waals surface area contributed by atoms with E-state index in [9.17, 15) is 4.79 Å². The summed E-state index contributed by atoms with van der Waals surface area (Å²) in [7, 11) is 0. The van der Waals surface area contributed by atoms with Gasteiger partial charge in [-0.2, -0.15) is 0 Å². The van der Waals surface area contributed by atoms with Crippen LogP contribution in [0.4, 0.5) is 0 Å². The van der Waals surface area contributed by atoms with Gasteiger partial charge in [-0.25, -0.2) is 0 Å². The van der Waals surface area contributed by atoms with Crippen LogP contribution in [-0.2, 0) is 4.79 Å². The summed E-state index contributed by atoms with van der Waals surface area (Å²) >= 11 is 0. The van der Waals surface area contributed by atoms with Gasteiger partial charge in [-0.05, 0) is 43.8 Å². The summed E-state index contributed by atoms with van der Waals surface area (Å²) in [5, 5.41) is 3.14. The Bertz CT molecular complexity index is 438. The lowest BCUT2D eigenvalue weighted by atomic mass is 9.95. The molecule has 3 nitrogen and oxygen atoms in total. The number of benzene rings is 1. The zero-order valence-electron chi connectivity index (χ0n) is 14.1. The quantitative estimate of drug-likeness (QED) is 0.831. The molecule has 1 heterocycles. The highest BCUT2D eigenvalue weighted by Crippen LogP contribution is 2.26. The van der Waals surface area contributed by atoms with Crippen molar-refractivity contribution >= 4 is 5.91 Å². The lowest BCUT2D eigenvalue weighted by molar-refractivity contribution is -0.121. The van der Waals surface area contributed by atoms with Crippen molar-refractivity contribution in [2.24, 2.45) is 5.92 Å². The standard InChI is InChI=1S/C19H30N2O/c1-3-4-10-19(22)20-15-18(17-8-6-5-7-9-17)21-13-11-16(2)12-14-21/h5-9,16,18H,3-4,10-15H2,1-2H3,(H,20,22). The number of piperidine rings is 1. The number of rotatable bonds is 7. The highest BCUT2D eigenvalue weighted by atomic mass is 16.1. The van der Waals surface area contributed by atoms with Gasteiger partial charge in [0.05, 0.1) is 6.04 Å². The number of hydrogen-bond acceptors (Lipinski definition) is 2. The van der Waals surface area contributed by atoms with Gasteiger partial charge in [0.1, 0.15) is 0 Å². The predicted octanol–water partition coefficient (Wildman–Crippen LogP) is 3.77. The number of carbonyl (C=O) groups is 1. The molecule has 0 bridgehead atoms. The molecule has 1 atom stereocenters. The van der Waals surface area contributed by atoms with Gasteiger partial charge < -0.3 is 5.32 Å². The number of unbranched alkanes of at least 4 members (excludes halogenated alkanes) is 1. The van der Waals surface area contributed by atoms with Crippen molar-refractivity contribution < 1.29 is 4.79 Å². The molecule has 1 saturated heterocycles. The van der Waals surface area contributed by atoms with Crippen LogP contribution in [0.1, 0.15) is 57.6 Å². The second-order valence-electron chi connectivity index (χ2n) is 6.55. The van der Waals surface area contributed by atoms with Crippen LogP contribution in [-0.4, -0.2) is 30.4 Å². The number of likely N-dealkylation sites (tertiary alicyclic amines) is 1. The van der Waals surface area contributed by atoms with E-state index >= 15 is 0 Å². The van der Waals surface area contributed by atoms with E-state index in [1.165, 1.54) is 18.4 Å². The van der Waals surface area contributed by atoms with Crippen molar-refractivity contribution in [3.8, 4) is 0 Å². The normalized spacial score (nSPS) is 18.1. The maximum atomic E-state index is 11.9. The smallest absolute Gasteiger partial charge is 0.220 e. The largest absolute Gasteiger partial charge is 0.354 e. The lowest BCUT2D eigenvalue weighted by Crippen LogP contribution is -2.41. The summed E-state index contributed by atoms with van der Waals surface area (Å²) in [6.07, 6.45) is 5.21. The third-order valence-electron chi connectivity index (χ3n) is 4.69. The van der Waals surface area contributed by atoms with Crippen LogP contribution in [0.3, 0.4) is 0 Å². The summed E-state index contributed by atoms with van der Waals surface area (Å²) in [4.78, 5) is 14.5. The van der Waals surface area contributed by atoms with Gasteiger partial charge in [0.2, 0.25) is 5.91 Å². The zero-order chi connectivity index (χ0) is 15.8. The van der Waals surface area contributed by atoms with Gasteiger partial charge in [-0.1, -0.05) is 50.6 Å². The van der Waals surface area contributed by atoms with Crippen LogP contribution in [0.2, 0.25) is 0 Å². The molecule has 1 amide bonds. The second kappa shape index (κ2) is 8.94. The molecular formula is C19H30N2O. The van der Waals surface area contributed by atoms with E-state index in [0.717, 1.165) is 38.4 Å². The highest BCUT2D eigenvalue weighted by molar-refractivity contribution is 5.75. The molecule has 0 spiro atoms. The molecule has 22 heavy (non-hydrogen) atoms. The molecule has 1 aliphatic heterocycles. The van der Waals surface area contributed by atoms with E-state index in [1.54, 1.807) is 0 Å². The van der Waals surface area contributed by atoms with E-state index in [0.29, 0.717) is 12.5 Å². The second-order valence-corrected chi connectivity index (χ2v) is 6.55. The number of hydrogen-bond donors (Lipinski definition) is 1. The molecule has 0 aromatic heterocycles. The van der Waals surface area contributed by atoms with Crippen molar-refractivity contribution in [1.82, 2.24) is 10.2 Å². The van der Waals surface area contributed by atoms with Crippen molar-refractivity contribution in [1.29, 1.82) is 0 Å². The highest BCUT2D eigenvalue weighted by Gasteiger charge is 2.24. The SMILES string of the molecule is CCCCC(=O)NCC(c1ccccc1)N1CCC(C)CC1. The third-order valence-corrected chi connectivity index (χ3v) is 4.69. The van der Waals surface area contributed by atoms with Gasteiger partial charge in [-0.15, -0.1) is 0 Å². The Labute approximate surface area is 135 Å². The predicted molar refractivity (Wildman–Crippen MR) is 91.7 cm³/mol. The Morgan fingerprint density at radius 3 is 2.59 bits per heavy atom. The summed E-state index contributed by atoms with van der Waals surface area (Å²) in [5.74, 6) is 1.01. The van der Waals surface area contributed by atoms with Crippen LogP contribution >= 0.6 is 0 Å². The Morgan fingerprint density at radius 1 is 1.27 bits per heavy atom. The number of nitrogens with zero attached hydrogens (tertiary/aromatic N) is 1. The minimum absolute atomic E-state index is 0.188. The van der Waals surface area contributed by atoms with Gasteiger partial charge in [-0.3, -0.25) is 9.69 Å². The first-order chi connectivity index (χ1) is 10.7. The lowest BCUT2D eigenvalue weighted by Gasteiger charge is -2.37. The molecule has 3 heteroatoms. The van der Waals surface area contributed by atoms with Crippen LogP contribution in [0, 0.1) is 5.92 Å². The van der Waals surface area contributed by atoms with Crippen molar-refractivity contribution in [3.63, 3.8) is 0 Å². The first kappa shape index (κ1) is 17.0. The average Bonchev–Trinajstić information content (AvgIpc) is 2.55. The molecular weight excluding hydrogens is 272 g/mol. The zero-order valence-corrected chi connectivity index (χ0v) is 14.1. The Kier molecular flexibility index (Phi) is 6.91. The number of nitrogens with one attached hydrogen (secondary N) is 1.